The lowest BCUT2D eigenvalue weighted by Gasteiger charge is -2.32. The van der Waals surface area contributed by atoms with Crippen molar-refractivity contribution in [1.29, 1.82) is 0 Å². The molecule has 0 unspecified atom stereocenters. The number of aryl methyl sites for hydroxylation is 1. The van der Waals surface area contributed by atoms with E-state index in [-0.39, 0.29) is 5.91 Å². The number of ether oxygens (including phenoxy) is 2. The van der Waals surface area contributed by atoms with E-state index in [2.05, 4.69) is 52.9 Å². The SMILES string of the molecule is COc1ccc(C(=O)NCc2cccc(C3CCN(Cc4sccc4C)CC3)c2)c(OC)c1. The van der Waals surface area contributed by atoms with Crippen LogP contribution in [-0.4, -0.2) is 38.1 Å². The van der Waals surface area contributed by atoms with Crippen LogP contribution in [-0.2, 0) is 13.1 Å². The largest absolute Gasteiger partial charge is 0.497 e. The summed E-state index contributed by atoms with van der Waals surface area (Å²) in [4.78, 5) is 16.8. The van der Waals surface area contributed by atoms with E-state index in [9.17, 15) is 4.79 Å². The van der Waals surface area contributed by atoms with Gasteiger partial charge < -0.3 is 14.8 Å². The van der Waals surface area contributed by atoms with Crippen molar-refractivity contribution in [3.8, 4) is 11.5 Å². The molecule has 1 aromatic heterocycles. The molecule has 174 valence electrons. The van der Waals surface area contributed by atoms with Crippen molar-refractivity contribution in [2.45, 2.75) is 38.8 Å². The smallest absolute Gasteiger partial charge is 0.255 e. The lowest BCUT2D eigenvalue weighted by atomic mass is 9.88. The van der Waals surface area contributed by atoms with Crippen LogP contribution in [0.15, 0.2) is 53.9 Å². The maximum absolute atomic E-state index is 12.7. The summed E-state index contributed by atoms with van der Waals surface area (Å²) in [5, 5.41) is 5.21. The Kier molecular flexibility index (Phi) is 7.68. The number of rotatable bonds is 8. The lowest BCUT2D eigenvalue weighted by molar-refractivity contribution is 0.0948. The van der Waals surface area contributed by atoms with Crippen LogP contribution in [0, 0.1) is 6.92 Å². The Balaban J connectivity index is 1.33. The number of methoxy groups -OCH3 is 2. The number of hydrogen-bond donors (Lipinski definition) is 1. The number of nitrogens with zero attached hydrogens (tertiary/aromatic N) is 1. The zero-order chi connectivity index (χ0) is 23.2. The molecule has 1 aliphatic rings. The molecule has 1 saturated heterocycles. The molecule has 3 aromatic rings. The van der Waals surface area contributed by atoms with Gasteiger partial charge in [-0.3, -0.25) is 9.69 Å². The van der Waals surface area contributed by atoms with Gasteiger partial charge in [0.15, 0.2) is 0 Å². The second-order valence-corrected chi connectivity index (χ2v) is 9.57. The zero-order valence-electron chi connectivity index (χ0n) is 19.6. The van der Waals surface area contributed by atoms with Crippen molar-refractivity contribution in [1.82, 2.24) is 10.2 Å². The summed E-state index contributed by atoms with van der Waals surface area (Å²) >= 11 is 1.86. The molecule has 1 aliphatic heterocycles. The second-order valence-electron chi connectivity index (χ2n) is 8.57. The summed E-state index contributed by atoms with van der Waals surface area (Å²) < 4.78 is 10.6. The molecule has 5 nitrogen and oxygen atoms in total. The maximum Gasteiger partial charge on any atom is 0.255 e. The second kappa shape index (κ2) is 10.9. The van der Waals surface area contributed by atoms with Gasteiger partial charge in [-0.15, -0.1) is 11.3 Å². The first-order chi connectivity index (χ1) is 16.1. The standard InChI is InChI=1S/C27H32N2O3S/c1-19-11-14-33-26(19)18-29-12-9-21(10-13-29)22-6-4-5-20(15-22)17-28-27(30)24-8-7-23(31-2)16-25(24)32-3/h4-8,11,14-16,21H,9-10,12-13,17-18H2,1-3H3,(H,28,30). The number of carbonyl (C=O) groups is 1. The minimum absolute atomic E-state index is 0.155. The average Bonchev–Trinajstić information content (AvgIpc) is 3.26. The minimum Gasteiger partial charge on any atom is -0.497 e. The summed E-state index contributed by atoms with van der Waals surface area (Å²) in [5.74, 6) is 1.58. The van der Waals surface area contributed by atoms with Crippen molar-refractivity contribution >= 4 is 17.2 Å². The number of hydrogen-bond acceptors (Lipinski definition) is 5. The highest BCUT2D eigenvalue weighted by Gasteiger charge is 2.21. The molecule has 33 heavy (non-hydrogen) atoms. The summed E-state index contributed by atoms with van der Waals surface area (Å²) in [5.41, 5.74) is 4.40. The Hall–Kier alpha value is -2.83. The van der Waals surface area contributed by atoms with E-state index in [1.807, 2.05) is 11.3 Å². The minimum atomic E-state index is -0.155. The highest BCUT2D eigenvalue weighted by atomic mass is 32.1. The fourth-order valence-electron chi connectivity index (χ4n) is 4.41. The van der Waals surface area contributed by atoms with E-state index in [4.69, 9.17) is 9.47 Å². The number of thiophene rings is 1. The van der Waals surface area contributed by atoms with Gasteiger partial charge in [0.05, 0.1) is 19.8 Å². The number of amides is 1. The average molecular weight is 465 g/mol. The molecular formula is C27H32N2O3S. The molecule has 4 rings (SSSR count). The normalized spacial score (nSPS) is 14.8. The summed E-state index contributed by atoms with van der Waals surface area (Å²) in [6.07, 6.45) is 2.34. The van der Waals surface area contributed by atoms with Gasteiger partial charge in [0.2, 0.25) is 0 Å². The van der Waals surface area contributed by atoms with Gasteiger partial charge in [0.25, 0.3) is 5.91 Å². The third-order valence-corrected chi connectivity index (χ3v) is 7.46. The monoisotopic (exact) mass is 464 g/mol. The third-order valence-electron chi connectivity index (χ3n) is 6.45. The van der Waals surface area contributed by atoms with Crippen LogP contribution in [0.25, 0.3) is 0 Å². The van der Waals surface area contributed by atoms with Crippen molar-refractivity contribution in [3.63, 3.8) is 0 Å². The number of likely N-dealkylation sites (tertiary alicyclic amines) is 1. The number of carbonyl (C=O) groups excluding carboxylic acids is 1. The zero-order valence-corrected chi connectivity index (χ0v) is 20.4. The van der Waals surface area contributed by atoms with Crippen LogP contribution in [0.3, 0.4) is 0 Å². The van der Waals surface area contributed by atoms with E-state index in [0.717, 1.165) is 25.2 Å². The molecule has 6 heteroatoms. The van der Waals surface area contributed by atoms with Gasteiger partial charge in [-0.1, -0.05) is 24.3 Å². The number of piperidine rings is 1. The van der Waals surface area contributed by atoms with Gasteiger partial charge in [0.1, 0.15) is 11.5 Å². The molecular weight excluding hydrogens is 432 g/mol. The van der Waals surface area contributed by atoms with Gasteiger partial charge in [-0.2, -0.15) is 0 Å². The van der Waals surface area contributed by atoms with Gasteiger partial charge >= 0.3 is 0 Å². The topological polar surface area (TPSA) is 50.8 Å². The molecule has 0 saturated carbocycles. The number of nitrogens with one attached hydrogen (secondary N) is 1. The predicted octanol–water partition coefficient (Wildman–Crippen LogP) is 5.38. The van der Waals surface area contributed by atoms with Crippen molar-refractivity contribution < 1.29 is 14.3 Å². The molecule has 1 amide bonds. The summed E-state index contributed by atoms with van der Waals surface area (Å²) in [6.45, 7) is 6.00. The first kappa shape index (κ1) is 23.3. The Morgan fingerprint density at radius 2 is 1.91 bits per heavy atom. The first-order valence-corrected chi connectivity index (χ1v) is 12.3. The Bertz CT molecular complexity index is 1090. The first-order valence-electron chi connectivity index (χ1n) is 11.4. The quantitative estimate of drug-likeness (QED) is 0.486. The molecule has 0 atom stereocenters. The van der Waals surface area contributed by atoms with Crippen LogP contribution in [0.1, 0.15) is 50.7 Å². The number of benzene rings is 2. The fraction of sp³-hybridized carbons (Fsp3) is 0.370. The van der Waals surface area contributed by atoms with Crippen molar-refractivity contribution in [2.75, 3.05) is 27.3 Å². The highest BCUT2D eigenvalue weighted by molar-refractivity contribution is 7.10. The van der Waals surface area contributed by atoms with Crippen LogP contribution in [0.2, 0.25) is 0 Å². The van der Waals surface area contributed by atoms with Crippen LogP contribution in [0.5, 0.6) is 11.5 Å². The summed E-state index contributed by atoms with van der Waals surface area (Å²) in [7, 11) is 3.15. The van der Waals surface area contributed by atoms with Gasteiger partial charge in [-0.05, 0) is 79.0 Å². The third kappa shape index (κ3) is 5.75. The van der Waals surface area contributed by atoms with Crippen molar-refractivity contribution in [3.05, 3.63) is 81.0 Å². The van der Waals surface area contributed by atoms with E-state index < -0.39 is 0 Å². The lowest BCUT2D eigenvalue weighted by Crippen LogP contribution is -2.32. The van der Waals surface area contributed by atoms with E-state index in [0.29, 0.717) is 29.5 Å². The highest BCUT2D eigenvalue weighted by Crippen LogP contribution is 2.30. The van der Waals surface area contributed by atoms with E-state index in [1.54, 1.807) is 32.4 Å². The molecule has 0 radical (unpaired) electrons. The summed E-state index contributed by atoms with van der Waals surface area (Å²) in [6, 6.07) is 16.1. The van der Waals surface area contributed by atoms with E-state index >= 15 is 0 Å². The molecule has 0 spiro atoms. The van der Waals surface area contributed by atoms with Crippen molar-refractivity contribution in [2.24, 2.45) is 0 Å². The fourth-order valence-corrected chi connectivity index (χ4v) is 5.36. The Morgan fingerprint density at radius 3 is 2.61 bits per heavy atom. The predicted molar refractivity (Wildman–Crippen MR) is 133 cm³/mol. The van der Waals surface area contributed by atoms with Crippen LogP contribution in [0.4, 0.5) is 0 Å². The van der Waals surface area contributed by atoms with Crippen LogP contribution >= 0.6 is 11.3 Å². The molecule has 2 aromatic carbocycles. The molecule has 1 fully saturated rings. The van der Waals surface area contributed by atoms with Gasteiger partial charge in [0, 0.05) is 24.0 Å². The molecule has 2 heterocycles. The molecule has 1 N–H and O–H groups in total. The molecule has 0 bridgehead atoms. The van der Waals surface area contributed by atoms with Crippen LogP contribution < -0.4 is 14.8 Å². The Morgan fingerprint density at radius 1 is 1.09 bits per heavy atom. The van der Waals surface area contributed by atoms with E-state index in [1.165, 1.54) is 28.8 Å². The van der Waals surface area contributed by atoms with Gasteiger partial charge in [-0.25, -0.2) is 0 Å². The molecule has 0 aliphatic carbocycles. The maximum atomic E-state index is 12.7. The Labute approximate surface area is 200 Å².